The molecule has 0 saturated carbocycles. The Morgan fingerprint density at radius 1 is 0.907 bits per heavy atom. The van der Waals surface area contributed by atoms with Crippen molar-refractivity contribution in [3.63, 3.8) is 0 Å². The third kappa shape index (κ3) is 7.36. The maximum atomic E-state index is 14.1. The van der Waals surface area contributed by atoms with E-state index in [9.17, 15) is 9.59 Å². The first-order valence-electron chi connectivity index (χ1n) is 13.5. The summed E-state index contributed by atoms with van der Waals surface area (Å²) in [5.74, 6) is 1.74. The minimum absolute atomic E-state index is 0.0246. The molecule has 43 heavy (non-hydrogen) atoms. The van der Waals surface area contributed by atoms with Gasteiger partial charge in [0.05, 0.1) is 20.0 Å². The molecule has 1 atom stereocenters. The molecule has 3 aromatic carbocycles. The number of aryl methyl sites for hydroxylation is 2. The Morgan fingerprint density at radius 2 is 1.63 bits per heavy atom. The van der Waals surface area contributed by atoms with Crippen LogP contribution in [0, 0.1) is 13.8 Å². The number of amides is 2. The van der Waals surface area contributed by atoms with Crippen molar-refractivity contribution in [1.82, 2.24) is 14.9 Å². The molecule has 222 valence electrons. The van der Waals surface area contributed by atoms with Gasteiger partial charge in [-0.3, -0.25) is 9.59 Å². The lowest BCUT2D eigenvalue weighted by Gasteiger charge is -2.32. The Balaban J connectivity index is 1.50. The lowest BCUT2D eigenvalue weighted by atomic mass is 10.0. The molecule has 0 saturated heterocycles. The summed E-state index contributed by atoms with van der Waals surface area (Å²) < 4.78 is 21.7. The van der Waals surface area contributed by atoms with Crippen LogP contribution in [0.15, 0.2) is 78.0 Å². The zero-order valence-corrected chi connectivity index (χ0v) is 25.1. The van der Waals surface area contributed by atoms with E-state index in [1.54, 1.807) is 61.6 Å². The summed E-state index contributed by atoms with van der Waals surface area (Å²) in [6.45, 7) is 4.05. The molecule has 10 nitrogen and oxygen atoms in total. The van der Waals surface area contributed by atoms with Crippen LogP contribution < -0.4 is 24.3 Å². The number of hydrogen-bond acceptors (Lipinski definition) is 9. The summed E-state index contributed by atoms with van der Waals surface area (Å²) in [7, 11) is 3.15. The minimum atomic E-state index is -1.00. The fourth-order valence-corrected chi connectivity index (χ4v) is 5.52. The van der Waals surface area contributed by atoms with Crippen LogP contribution in [-0.4, -0.2) is 53.4 Å². The van der Waals surface area contributed by atoms with E-state index in [0.717, 1.165) is 17.0 Å². The Hall–Kier alpha value is -4.77. The summed E-state index contributed by atoms with van der Waals surface area (Å²) in [6, 6.07) is 20.6. The van der Waals surface area contributed by atoms with Crippen molar-refractivity contribution in [2.45, 2.75) is 31.6 Å². The van der Waals surface area contributed by atoms with Crippen LogP contribution in [-0.2, 0) is 16.1 Å². The summed E-state index contributed by atoms with van der Waals surface area (Å²) in [5, 5.41) is 3.47. The number of aromatic nitrogens is 2. The molecular weight excluding hydrogens is 568 g/mol. The average Bonchev–Trinajstić information content (AvgIpc) is 3.47. The van der Waals surface area contributed by atoms with Gasteiger partial charge in [-0.25, -0.2) is 9.97 Å². The van der Waals surface area contributed by atoms with Gasteiger partial charge in [0.25, 0.3) is 5.91 Å². The van der Waals surface area contributed by atoms with E-state index in [1.165, 1.54) is 11.8 Å². The number of nitrogens with zero attached hydrogens (tertiary/aromatic N) is 3. The van der Waals surface area contributed by atoms with Crippen molar-refractivity contribution in [2.24, 2.45) is 0 Å². The number of ether oxygens (including phenoxy) is 4. The van der Waals surface area contributed by atoms with Gasteiger partial charge in [-0.1, -0.05) is 36.0 Å². The number of anilines is 1. The average molecular weight is 601 g/mol. The maximum Gasteiger partial charge on any atom is 0.251 e. The van der Waals surface area contributed by atoms with Gasteiger partial charge in [0.15, 0.2) is 16.7 Å². The highest BCUT2D eigenvalue weighted by Crippen LogP contribution is 2.35. The Morgan fingerprint density at radius 3 is 2.35 bits per heavy atom. The molecule has 1 aromatic heterocycles. The van der Waals surface area contributed by atoms with Gasteiger partial charge < -0.3 is 29.2 Å². The summed E-state index contributed by atoms with van der Waals surface area (Å²) in [5.41, 5.74) is 3.56. The van der Waals surface area contributed by atoms with E-state index >= 15 is 0 Å². The molecule has 2 amide bonds. The van der Waals surface area contributed by atoms with E-state index in [1.807, 2.05) is 44.2 Å². The minimum Gasteiger partial charge on any atom is -0.497 e. The number of methoxy groups -OCH3 is 2. The van der Waals surface area contributed by atoms with Gasteiger partial charge in [-0.05, 0) is 67.4 Å². The molecule has 2 heterocycles. The standard InChI is InChI=1S/C32H32N4O6S/c1-20-14-21(2)34-32(33-20)43-18-29(37)36(17-22-8-11-25(39-3)12-9-22)30(23-6-5-7-26(15-23)40-4)31(38)35-24-10-13-27-28(16-24)42-19-41-27/h5-16,30H,17-19H2,1-4H3,(H,35,38). The molecule has 0 aliphatic carbocycles. The topological polar surface area (TPSA) is 112 Å². The third-order valence-electron chi connectivity index (χ3n) is 6.73. The van der Waals surface area contributed by atoms with Crippen LogP contribution in [0.3, 0.4) is 0 Å². The fraction of sp³-hybridized carbons (Fsp3) is 0.250. The molecule has 0 bridgehead atoms. The zero-order chi connectivity index (χ0) is 30.3. The highest BCUT2D eigenvalue weighted by Gasteiger charge is 2.32. The highest BCUT2D eigenvalue weighted by molar-refractivity contribution is 7.99. The zero-order valence-electron chi connectivity index (χ0n) is 24.3. The molecule has 1 N–H and O–H groups in total. The predicted octanol–water partition coefficient (Wildman–Crippen LogP) is 5.34. The first-order chi connectivity index (χ1) is 20.8. The quantitative estimate of drug-likeness (QED) is 0.180. The normalized spacial score (nSPS) is 12.4. The van der Waals surface area contributed by atoms with Gasteiger partial charge in [0.1, 0.15) is 17.5 Å². The van der Waals surface area contributed by atoms with E-state index < -0.39 is 11.9 Å². The first-order valence-corrected chi connectivity index (χ1v) is 14.5. The second-order valence-electron chi connectivity index (χ2n) is 9.83. The van der Waals surface area contributed by atoms with Crippen LogP contribution in [0.5, 0.6) is 23.0 Å². The number of thioether (sulfide) groups is 1. The summed E-state index contributed by atoms with van der Waals surface area (Å²) in [6.07, 6.45) is 0. The second kappa shape index (κ2) is 13.5. The molecule has 5 rings (SSSR count). The second-order valence-corrected chi connectivity index (χ2v) is 10.8. The van der Waals surface area contributed by atoms with E-state index in [2.05, 4.69) is 15.3 Å². The summed E-state index contributed by atoms with van der Waals surface area (Å²) >= 11 is 1.23. The van der Waals surface area contributed by atoms with Gasteiger partial charge in [0.2, 0.25) is 12.7 Å². The number of fused-ring (bicyclic) bond motifs is 1. The molecule has 0 fully saturated rings. The lowest BCUT2D eigenvalue weighted by Crippen LogP contribution is -2.41. The number of hydrogen-bond donors (Lipinski definition) is 1. The largest absolute Gasteiger partial charge is 0.497 e. The smallest absolute Gasteiger partial charge is 0.251 e. The number of benzene rings is 3. The van der Waals surface area contributed by atoms with Gasteiger partial charge in [-0.2, -0.15) is 0 Å². The number of rotatable bonds is 11. The number of carbonyl (C=O) groups is 2. The molecular formula is C32H32N4O6S. The molecule has 1 aliphatic heterocycles. The van der Waals surface area contributed by atoms with E-state index in [4.69, 9.17) is 18.9 Å². The molecule has 1 aliphatic rings. The molecule has 11 heteroatoms. The van der Waals surface area contributed by atoms with E-state index in [-0.39, 0.29) is 25.0 Å². The van der Waals surface area contributed by atoms with Crippen LogP contribution >= 0.6 is 11.8 Å². The predicted molar refractivity (Wildman–Crippen MR) is 163 cm³/mol. The SMILES string of the molecule is COc1ccc(CN(C(=O)CSc2nc(C)cc(C)n2)C(C(=O)Nc2ccc3c(c2)OCO3)c2cccc(OC)c2)cc1. The maximum absolute atomic E-state index is 14.1. The molecule has 1 unspecified atom stereocenters. The lowest BCUT2D eigenvalue weighted by molar-refractivity contribution is -0.137. The van der Waals surface area contributed by atoms with Crippen molar-refractivity contribution in [1.29, 1.82) is 0 Å². The molecule has 4 aromatic rings. The van der Waals surface area contributed by atoms with E-state index in [0.29, 0.717) is 39.4 Å². The van der Waals surface area contributed by atoms with Crippen LogP contribution in [0.1, 0.15) is 28.6 Å². The van der Waals surface area contributed by atoms with Crippen molar-refractivity contribution in [2.75, 3.05) is 32.1 Å². The van der Waals surface area contributed by atoms with Crippen LogP contribution in [0.25, 0.3) is 0 Å². The van der Waals surface area contributed by atoms with Gasteiger partial charge >= 0.3 is 0 Å². The Kier molecular flexibility index (Phi) is 9.31. The van der Waals surface area contributed by atoms with Crippen molar-refractivity contribution in [3.8, 4) is 23.0 Å². The highest BCUT2D eigenvalue weighted by atomic mass is 32.2. The third-order valence-corrected chi connectivity index (χ3v) is 7.56. The van der Waals surface area contributed by atoms with Crippen molar-refractivity contribution >= 4 is 29.3 Å². The van der Waals surface area contributed by atoms with Crippen molar-refractivity contribution in [3.05, 3.63) is 95.3 Å². The fourth-order valence-electron chi connectivity index (χ4n) is 4.69. The molecule has 0 radical (unpaired) electrons. The number of nitrogens with one attached hydrogen (secondary N) is 1. The van der Waals surface area contributed by atoms with Crippen LogP contribution in [0.2, 0.25) is 0 Å². The van der Waals surface area contributed by atoms with Crippen molar-refractivity contribution < 1.29 is 28.5 Å². The Bertz CT molecular complexity index is 1590. The van der Waals surface area contributed by atoms with Gasteiger partial charge in [0, 0.05) is 29.7 Å². The summed E-state index contributed by atoms with van der Waals surface area (Å²) in [4.78, 5) is 38.7. The van der Waals surface area contributed by atoms with Gasteiger partial charge in [-0.15, -0.1) is 0 Å². The number of carbonyl (C=O) groups excluding carboxylic acids is 2. The van der Waals surface area contributed by atoms with Crippen LogP contribution in [0.4, 0.5) is 5.69 Å². The first kappa shape index (κ1) is 29.7. The molecule has 0 spiro atoms. The Labute approximate surface area is 254 Å². The monoisotopic (exact) mass is 600 g/mol.